The summed E-state index contributed by atoms with van der Waals surface area (Å²) in [6, 6.07) is 0.0123. The molecule has 0 saturated carbocycles. The molecule has 2 aliphatic heterocycles. The van der Waals surface area contributed by atoms with Crippen molar-refractivity contribution in [3.63, 3.8) is 0 Å². The Hall–Kier alpha value is -1.30. The zero-order chi connectivity index (χ0) is 14.9. The predicted octanol–water partition coefficient (Wildman–Crippen LogP) is 0.186. The number of hydrogen-bond donors (Lipinski definition) is 1. The SMILES string of the molecule is C[C@@H]1CN(C(=O)[C@H]2CCCN(C(N)=O)C2)C[C@@H]1N(C)C. The summed E-state index contributed by atoms with van der Waals surface area (Å²) in [5.41, 5.74) is 5.32. The average Bonchev–Trinajstić information content (AvgIpc) is 2.80. The van der Waals surface area contributed by atoms with Crippen LogP contribution in [0, 0.1) is 11.8 Å². The molecule has 2 rings (SSSR count). The fourth-order valence-electron chi connectivity index (χ4n) is 3.44. The minimum absolute atomic E-state index is 0.0793. The van der Waals surface area contributed by atoms with Crippen LogP contribution in [0.4, 0.5) is 4.79 Å². The van der Waals surface area contributed by atoms with Crippen LogP contribution >= 0.6 is 0 Å². The number of carbonyl (C=O) groups is 2. The second-order valence-electron chi connectivity index (χ2n) is 6.37. The number of nitrogens with two attached hydrogens (primary N) is 1. The van der Waals surface area contributed by atoms with Gasteiger partial charge in [-0.1, -0.05) is 6.92 Å². The van der Waals surface area contributed by atoms with Gasteiger partial charge in [0, 0.05) is 32.2 Å². The van der Waals surface area contributed by atoms with Crippen molar-refractivity contribution < 1.29 is 9.59 Å². The van der Waals surface area contributed by atoms with Crippen LogP contribution in [0.15, 0.2) is 0 Å². The Morgan fingerprint density at radius 3 is 2.40 bits per heavy atom. The van der Waals surface area contributed by atoms with Gasteiger partial charge in [0.15, 0.2) is 0 Å². The van der Waals surface area contributed by atoms with Gasteiger partial charge in [0.1, 0.15) is 0 Å². The normalized spacial score (nSPS) is 30.9. The van der Waals surface area contributed by atoms with Crippen molar-refractivity contribution in [3.8, 4) is 0 Å². The van der Waals surface area contributed by atoms with Crippen molar-refractivity contribution in [2.24, 2.45) is 17.6 Å². The second kappa shape index (κ2) is 5.99. The number of nitrogens with zero attached hydrogens (tertiary/aromatic N) is 3. The molecule has 3 amide bonds. The van der Waals surface area contributed by atoms with E-state index in [9.17, 15) is 9.59 Å². The van der Waals surface area contributed by atoms with E-state index >= 15 is 0 Å². The van der Waals surface area contributed by atoms with Crippen LogP contribution in [0.5, 0.6) is 0 Å². The van der Waals surface area contributed by atoms with E-state index in [4.69, 9.17) is 5.73 Å². The maximum absolute atomic E-state index is 12.6. The summed E-state index contributed by atoms with van der Waals surface area (Å²) in [6.07, 6.45) is 1.72. The zero-order valence-corrected chi connectivity index (χ0v) is 12.7. The number of hydrogen-bond acceptors (Lipinski definition) is 3. The largest absolute Gasteiger partial charge is 0.351 e. The third-order valence-electron chi connectivity index (χ3n) is 4.63. The van der Waals surface area contributed by atoms with Crippen molar-refractivity contribution in [3.05, 3.63) is 0 Å². The summed E-state index contributed by atoms with van der Waals surface area (Å²) >= 11 is 0. The third-order valence-corrected chi connectivity index (χ3v) is 4.63. The lowest BCUT2D eigenvalue weighted by Crippen LogP contribution is -2.48. The van der Waals surface area contributed by atoms with E-state index in [2.05, 4.69) is 25.9 Å². The Bertz CT molecular complexity index is 385. The smallest absolute Gasteiger partial charge is 0.314 e. The molecule has 0 radical (unpaired) electrons. The topological polar surface area (TPSA) is 69.9 Å². The molecular weight excluding hydrogens is 256 g/mol. The molecule has 0 spiro atoms. The molecule has 3 atom stereocenters. The van der Waals surface area contributed by atoms with Crippen molar-refractivity contribution in [2.75, 3.05) is 40.3 Å². The van der Waals surface area contributed by atoms with Crippen LogP contribution in [0.2, 0.25) is 0 Å². The molecule has 2 fully saturated rings. The van der Waals surface area contributed by atoms with Gasteiger partial charge in [0.25, 0.3) is 0 Å². The zero-order valence-electron chi connectivity index (χ0n) is 12.7. The molecule has 0 aromatic heterocycles. The molecule has 0 aliphatic carbocycles. The van der Waals surface area contributed by atoms with Crippen molar-refractivity contribution in [1.82, 2.24) is 14.7 Å². The lowest BCUT2D eigenvalue weighted by Gasteiger charge is -2.33. The van der Waals surface area contributed by atoms with Crippen molar-refractivity contribution in [2.45, 2.75) is 25.8 Å². The molecule has 2 heterocycles. The first-order chi connectivity index (χ1) is 9.40. The minimum atomic E-state index is -0.413. The number of amides is 3. The van der Waals surface area contributed by atoms with Gasteiger partial charge in [-0.05, 0) is 32.9 Å². The first-order valence-corrected chi connectivity index (χ1v) is 7.39. The number of piperidine rings is 1. The molecule has 6 nitrogen and oxygen atoms in total. The molecule has 2 aliphatic rings. The van der Waals surface area contributed by atoms with Crippen LogP contribution in [0.3, 0.4) is 0 Å². The Morgan fingerprint density at radius 1 is 1.15 bits per heavy atom. The summed E-state index contributed by atoms with van der Waals surface area (Å²) in [4.78, 5) is 29.6. The first kappa shape index (κ1) is 15.1. The number of rotatable bonds is 2. The molecule has 2 saturated heterocycles. The summed E-state index contributed by atoms with van der Waals surface area (Å²) in [5, 5.41) is 0. The van der Waals surface area contributed by atoms with E-state index in [-0.39, 0.29) is 11.8 Å². The maximum atomic E-state index is 12.6. The van der Waals surface area contributed by atoms with Gasteiger partial charge in [-0.25, -0.2) is 4.79 Å². The van der Waals surface area contributed by atoms with Gasteiger partial charge < -0.3 is 20.4 Å². The number of likely N-dealkylation sites (tertiary alicyclic amines) is 2. The number of carbonyl (C=O) groups excluding carboxylic acids is 2. The highest BCUT2D eigenvalue weighted by molar-refractivity contribution is 5.81. The van der Waals surface area contributed by atoms with Gasteiger partial charge >= 0.3 is 6.03 Å². The molecular formula is C14H26N4O2. The van der Waals surface area contributed by atoms with E-state index in [0.29, 0.717) is 25.0 Å². The maximum Gasteiger partial charge on any atom is 0.314 e. The van der Waals surface area contributed by atoms with Crippen molar-refractivity contribution in [1.29, 1.82) is 0 Å². The van der Waals surface area contributed by atoms with Gasteiger partial charge in [0.2, 0.25) is 5.91 Å². The Balaban J connectivity index is 1.96. The summed E-state index contributed by atoms with van der Waals surface area (Å²) in [7, 11) is 4.12. The molecule has 2 N–H and O–H groups in total. The van der Waals surface area contributed by atoms with E-state index in [1.54, 1.807) is 4.90 Å². The standard InChI is InChI=1S/C14H26N4O2/c1-10-7-18(9-12(10)16(2)3)13(19)11-5-4-6-17(8-11)14(15)20/h10-12H,4-9H2,1-3H3,(H2,15,20)/t10-,11+,12+/m1/s1. The highest BCUT2D eigenvalue weighted by Gasteiger charge is 2.37. The Kier molecular flexibility index (Phi) is 4.52. The fraction of sp³-hybridized carbons (Fsp3) is 0.857. The van der Waals surface area contributed by atoms with Crippen molar-refractivity contribution >= 4 is 11.9 Å². The Labute approximate surface area is 120 Å². The molecule has 20 heavy (non-hydrogen) atoms. The lowest BCUT2D eigenvalue weighted by atomic mass is 9.97. The van der Waals surface area contributed by atoms with Crippen LogP contribution in [0.25, 0.3) is 0 Å². The number of urea groups is 1. The summed E-state index contributed by atoms with van der Waals surface area (Å²) in [5.74, 6) is 0.598. The van der Waals surface area contributed by atoms with Gasteiger partial charge in [0.05, 0.1) is 5.92 Å². The highest BCUT2D eigenvalue weighted by Crippen LogP contribution is 2.25. The number of primary amides is 1. The fourth-order valence-corrected chi connectivity index (χ4v) is 3.44. The molecule has 0 aromatic rings. The molecule has 0 aromatic carbocycles. The monoisotopic (exact) mass is 282 g/mol. The average molecular weight is 282 g/mol. The van der Waals surface area contributed by atoms with Crippen LogP contribution in [-0.4, -0.2) is 73.0 Å². The summed E-state index contributed by atoms with van der Waals surface area (Å²) < 4.78 is 0. The Morgan fingerprint density at radius 2 is 1.85 bits per heavy atom. The summed E-state index contributed by atoms with van der Waals surface area (Å²) in [6.45, 7) is 4.95. The molecule has 114 valence electrons. The van der Waals surface area contributed by atoms with Crippen LogP contribution < -0.4 is 5.73 Å². The quantitative estimate of drug-likeness (QED) is 0.786. The predicted molar refractivity (Wildman–Crippen MR) is 77.1 cm³/mol. The first-order valence-electron chi connectivity index (χ1n) is 7.39. The van der Waals surface area contributed by atoms with Gasteiger partial charge in [-0.2, -0.15) is 0 Å². The van der Waals surface area contributed by atoms with Crippen LogP contribution in [-0.2, 0) is 4.79 Å². The van der Waals surface area contributed by atoms with E-state index in [1.165, 1.54) is 0 Å². The molecule has 0 unspecified atom stereocenters. The van der Waals surface area contributed by atoms with E-state index in [1.807, 2.05) is 4.90 Å². The lowest BCUT2D eigenvalue weighted by molar-refractivity contribution is -0.136. The van der Waals surface area contributed by atoms with Gasteiger partial charge in [-0.15, -0.1) is 0 Å². The second-order valence-corrected chi connectivity index (χ2v) is 6.37. The number of likely N-dealkylation sites (N-methyl/N-ethyl adjacent to an activating group) is 1. The highest BCUT2D eigenvalue weighted by atomic mass is 16.2. The van der Waals surface area contributed by atoms with E-state index < -0.39 is 6.03 Å². The molecule has 6 heteroatoms. The third kappa shape index (κ3) is 3.06. The minimum Gasteiger partial charge on any atom is -0.351 e. The van der Waals surface area contributed by atoms with Crippen LogP contribution in [0.1, 0.15) is 19.8 Å². The molecule has 0 bridgehead atoms. The van der Waals surface area contributed by atoms with E-state index in [0.717, 1.165) is 25.9 Å². The van der Waals surface area contributed by atoms with Gasteiger partial charge in [-0.3, -0.25) is 4.79 Å².